The van der Waals surface area contributed by atoms with Crippen molar-refractivity contribution in [2.75, 3.05) is 6.54 Å². The van der Waals surface area contributed by atoms with Crippen molar-refractivity contribution in [3.8, 4) is 0 Å². The Bertz CT molecular complexity index is 597. The summed E-state index contributed by atoms with van der Waals surface area (Å²) in [5.74, 6) is 0.0894. The van der Waals surface area contributed by atoms with Crippen LogP contribution in [0.5, 0.6) is 0 Å². The summed E-state index contributed by atoms with van der Waals surface area (Å²) in [7, 11) is 0. The van der Waals surface area contributed by atoms with Crippen molar-refractivity contribution in [1.29, 1.82) is 0 Å². The van der Waals surface area contributed by atoms with Crippen LogP contribution >= 0.6 is 11.3 Å². The van der Waals surface area contributed by atoms with Gasteiger partial charge in [0.15, 0.2) is 0 Å². The van der Waals surface area contributed by atoms with Crippen molar-refractivity contribution >= 4 is 33.4 Å². The number of benzene rings is 1. The molecular formula is C14H13NOS. The summed E-state index contributed by atoms with van der Waals surface area (Å²) in [4.78, 5) is 11.7. The Labute approximate surface area is 104 Å². The molecule has 0 spiro atoms. The van der Waals surface area contributed by atoms with E-state index in [4.69, 9.17) is 0 Å². The maximum Gasteiger partial charge on any atom is 0.247 e. The fraction of sp³-hybridized carbons (Fsp3) is 0.214. The maximum atomic E-state index is 11.7. The van der Waals surface area contributed by atoms with E-state index < -0.39 is 0 Å². The molecule has 1 N–H and O–H groups in total. The monoisotopic (exact) mass is 243 g/mol. The molecule has 17 heavy (non-hydrogen) atoms. The Morgan fingerprint density at radius 3 is 3.06 bits per heavy atom. The van der Waals surface area contributed by atoms with Crippen LogP contribution in [0.2, 0.25) is 0 Å². The lowest BCUT2D eigenvalue weighted by Crippen LogP contribution is -2.30. The summed E-state index contributed by atoms with van der Waals surface area (Å²) < 4.78 is 1.27. The number of fused-ring (bicyclic) bond motifs is 1. The smallest absolute Gasteiger partial charge is 0.247 e. The third-order valence-corrected chi connectivity index (χ3v) is 4.02. The minimum atomic E-state index is 0.0894. The molecule has 1 saturated heterocycles. The number of amides is 1. The first kappa shape index (κ1) is 10.5. The van der Waals surface area contributed by atoms with E-state index in [1.54, 1.807) is 11.3 Å². The van der Waals surface area contributed by atoms with Crippen LogP contribution in [-0.2, 0) is 4.79 Å². The zero-order valence-corrected chi connectivity index (χ0v) is 10.2. The molecular weight excluding hydrogens is 230 g/mol. The summed E-state index contributed by atoms with van der Waals surface area (Å²) in [5, 5.41) is 6.25. The number of carbonyl (C=O) groups excluding carboxylic acids is 1. The Morgan fingerprint density at radius 2 is 2.18 bits per heavy atom. The predicted molar refractivity (Wildman–Crippen MR) is 72.0 cm³/mol. The summed E-state index contributed by atoms with van der Waals surface area (Å²) in [5.41, 5.74) is 2.07. The van der Waals surface area contributed by atoms with Crippen molar-refractivity contribution in [3.63, 3.8) is 0 Å². The largest absolute Gasteiger partial charge is 0.352 e. The Kier molecular flexibility index (Phi) is 2.69. The topological polar surface area (TPSA) is 29.1 Å². The third kappa shape index (κ3) is 1.98. The molecule has 3 heteroatoms. The summed E-state index contributed by atoms with van der Waals surface area (Å²) >= 11 is 1.73. The fourth-order valence-corrected chi connectivity index (χ4v) is 3.06. The lowest BCUT2D eigenvalue weighted by molar-refractivity contribution is -0.118. The summed E-state index contributed by atoms with van der Waals surface area (Å²) in [6.07, 6.45) is 3.96. The number of thiophene rings is 1. The first-order chi connectivity index (χ1) is 8.34. The Hall–Kier alpha value is -1.61. The van der Waals surface area contributed by atoms with Crippen LogP contribution in [-0.4, -0.2) is 12.5 Å². The minimum Gasteiger partial charge on any atom is -0.352 e. The van der Waals surface area contributed by atoms with Gasteiger partial charge in [-0.25, -0.2) is 0 Å². The summed E-state index contributed by atoms with van der Waals surface area (Å²) in [6, 6.07) is 8.31. The van der Waals surface area contributed by atoms with Gasteiger partial charge < -0.3 is 5.32 Å². The van der Waals surface area contributed by atoms with E-state index in [9.17, 15) is 4.79 Å². The molecule has 0 bridgehead atoms. The molecule has 0 atom stereocenters. The van der Waals surface area contributed by atoms with Gasteiger partial charge in [0.2, 0.25) is 5.91 Å². The number of hydrogen-bond acceptors (Lipinski definition) is 2. The van der Waals surface area contributed by atoms with Gasteiger partial charge in [0, 0.05) is 16.8 Å². The molecule has 1 aliphatic heterocycles. The standard InChI is InChI=1S/C14H13NOS/c16-14-10(4-3-7-15-14)8-11-9-17-13-6-2-1-5-12(11)13/h1-2,5-6,8-9H,3-4,7H2,(H,15,16)/b10-8+. The van der Waals surface area contributed by atoms with Crippen molar-refractivity contribution in [3.05, 3.63) is 40.8 Å². The normalized spacial score (nSPS) is 18.6. The number of hydrogen-bond donors (Lipinski definition) is 1. The minimum absolute atomic E-state index is 0.0894. The molecule has 86 valence electrons. The molecule has 1 aromatic heterocycles. The fourth-order valence-electron chi connectivity index (χ4n) is 2.14. The summed E-state index contributed by atoms with van der Waals surface area (Å²) in [6.45, 7) is 0.806. The molecule has 2 heterocycles. The molecule has 1 amide bonds. The van der Waals surface area contributed by atoms with Gasteiger partial charge in [-0.15, -0.1) is 11.3 Å². The maximum absolute atomic E-state index is 11.7. The molecule has 1 fully saturated rings. The van der Waals surface area contributed by atoms with Crippen molar-refractivity contribution < 1.29 is 4.79 Å². The molecule has 0 unspecified atom stereocenters. The van der Waals surface area contributed by atoms with Gasteiger partial charge in [-0.1, -0.05) is 18.2 Å². The lowest BCUT2D eigenvalue weighted by Gasteiger charge is -2.14. The molecule has 0 radical (unpaired) electrons. The SMILES string of the molecule is O=C1NCCC/C1=C\c1csc2ccccc12. The van der Waals surface area contributed by atoms with Gasteiger partial charge >= 0.3 is 0 Å². The van der Waals surface area contributed by atoms with E-state index >= 15 is 0 Å². The number of nitrogens with one attached hydrogen (secondary N) is 1. The number of piperidine rings is 1. The quantitative estimate of drug-likeness (QED) is 0.766. The van der Waals surface area contributed by atoms with Gasteiger partial charge in [0.25, 0.3) is 0 Å². The average Bonchev–Trinajstić information content (AvgIpc) is 2.76. The van der Waals surface area contributed by atoms with Crippen LogP contribution in [0.1, 0.15) is 18.4 Å². The van der Waals surface area contributed by atoms with Gasteiger partial charge in [-0.05, 0) is 41.3 Å². The molecule has 2 aromatic rings. The van der Waals surface area contributed by atoms with Crippen molar-refractivity contribution in [1.82, 2.24) is 5.32 Å². The van der Waals surface area contributed by atoms with E-state index in [-0.39, 0.29) is 5.91 Å². The first-order valence-electron chi connectivity index (χ1n) is 5.79. The second kappa shape index (κ2) is 4.34. The van der Waals surface area contributed by atoms with Crippen LogP contribution in [0.3, 0.4) is 0 Å². The molecule has 3 rings (SSSR count). The first-order valence-corrected chi connectivity index (χ1v) is 6.67. The zero-order chi connectivity index (χ0) is 11.7. The van der Waals surface area contributed by atoms with Crippen LogP contribution < -0.4 is 5.32 Å². The van der Waals surface area contributed by atoms with Crippen LogP contribution in [0, 0.1) is 0 Å². The highest BCUT2D eigenvalue weighted by molar-refractivity contribution is 7.17. The molecule has 0 saturated carbocycles. The van der Waals surface area contributed by atoms with Crippen LogP contribution in [0.4, 0.5) is 0 Å². The highest BCUT2D eigenvalue weighted by Gasteiger charge is 2.14. The lowest BCUT2D eigenvalue weighted by atomic mass is 10.0. The number of rotatable bonds is 1. The third-order valence-electron chi connectivity index (χ3n) is 3.04. The van der Waals surface area contributed by atoms with E-state index in [2.05, 4.69) is 22.8 Å². The molecule has 1 aromatic carbocycles. The number of carbonyl (C=O) groups is 1. The van der Waals surface area contributed by atoms with Crippen molar-refractivity contribution in [2.24, 2.45) is 0 Å². The molecule has 0 aliphatic carbocycles. The van der Waals surface area contributed by atoms with E-state index in [1.807, 2.05) is 18.2 Å². The van der Waals surface area contributed by atoms with Crippen molar-refractivity contribution in [2.45, 2.75) is 12.8 Å². The van der Waals surface area contributed by atoms with Gasteiger partial charge in [-0.3, -0.25) is 4.79 Å². The average molecular weight is 243 g/mol. The molecule has 1 aliphatic rings. The molecule has 2 nitrogen and oxygen atoms in total. The van der Waals surface area contributed by atoms with Gasteiger partial charge in [-0.2, -0.15) is 0 Å². The second-order valence-corrected chi connectivity index (χ2v) is 5.13. The van der Waals surface area contributed by atoms with E-state index in [0.29, 0.717) is 0 Å². The van der Waals surface area contributed by atoms with Gasteiger partial charge in [0.05, 0.1) is 0 Å². The Morgan fingerprint density at radius 1 is 1.29 bits per heavy atom. The Balaban J connectivity index is 2.04. The second-order valence-electron chi connectivity index (χ2n) is 4.22. The predicted octanol–water partition coefficient (Wildman–Crippen LogP) is 3.19. The highest BCUT2D eigenvalue weighted by atomic mass is 32.1. The van der Waals surface area contributed by atoms with Crippen LogP contribution in [0.25, 0.3) is 16.2 Å². The van der Waals surface area contributed by atoms with Gasteiger partial charge in [0.1, 0.15) is 0 Å². The highest BCUT2D eigenvalue weighted by Crippen LogP contribution is 2.28. The zero-order valence-electron chi connectivity index (χ0n) is 9.40. The van der Waals surface area contributed by atoms with E-state index in [1.165, 1.54) is 10.1 Å². The van der Waals surface area contributed by atoms with E-state index in [0.717, 1.165) is 30.5 Å². The van der Waals surface area contributed by atoms with Crippen LogP contribution in [0.15, 0.2) is 35.2 Å².